The number of aliphatic imine (C=N–C) groups is 1. The monoisotopic (exact) mass is 411 g/mol. The molecule has 0 fully saturated rings. The number of hydrogen-bond donors (Lipinski definition) is 2. The summed E-state index contributed by atoms with van der Waals surface area (Å²) in [5.74, 6) is 1.91. The van der Waals surface area contributed by atoms with Gasteiger partial charge in [-0.15, -0.1) is 0 Å². The van der Waals surface area contributed by atoms with Gasteiger partial charge in [0.25, 0.3) is 0 Å². The molecule has 2 N–H and O–H groups in total. The van der Waals surface area contributed by atoms with E-state index in [0.29, 0.717) is 29.6 Å². The van der Waals surface area contributed by atoms with E-state index < -0.39 is 12.8 Å². The molecule has 0 atom stereocenters. The first kappa shape index (κ1) is 22.2. The lowest BCUT2D eigenvalue weighted by Gasteiger charge is -2.16. The van der Waals surface area contributed by atoms with Crippen LogP contribution in [-0.2, 0) is 13.1 Å². The highest BCUT2D eigenvalue weighted by Gasteiger charge is 2.28. The Kier molecular flexibility index (Phi) is 7.99. The second kappa shape index (κ2) is 10.4. The minimum atomic E-state index is -4.39. The van der Waals surface area contributed by atoms with Crippen molar-refractivity contribution >= 4 is 5.96 Å². The third-order valence-electron chi connectivity index (χ3n) is 3.94. The fraction of sp³-hybridized carbons (Fsp3) is 0.350. The summed E-state index contributed by atoms with van der Waals surface area (Å²) in [5, 5.41) is 6.21. The minimum absolute atomic E-state index is 0.174. The molecule has 0 aromatic heterocycles. The number of alkyl halides is 3. The number of methoxy groups -OCH3 is 2. The van der Waals surface area contributed by atoms with Crippen LogP contribution in [0.5, 0.6) is 17.2 Å². The van der Waals surface area contributed by atoms with Crippen LogP contribution >= 0.6 is 0 Å². The third kappa shape index (κ3) is 7.10. The lowest BCUT2D eigenvalue weighted by Crippen LogP contribution is -2.36. The van der Waals surface area contributed by atoms with Crippen molar-refractivity contribution in [3.63, 3.8) is 0 Å². The van der Waals surface area contributed by atoms with Crippen molar-refractivity contribution in [2.24, 2.45) is 4.99 Å². The second-order valence-corrected chi connectivity index (χ2v) is 5.98. The molecule has 0 saturated carbocycles. The van der Waals surface area contributed by atoms with Gasteiger partial charge >= 0.3 is 6.18 Å². The van der Waals surface area contributed by atoms with E-state index in [2.05, 4.69) is 15.6 Å². The molecule has 0 aliphatic rings. The van der Waals surface area contributed by atoms with Gasteiger partial charge in [0.05, 0.1) is 14.2 Å². The van der Waals surface area contributed by atoms with Gasteiger partial charge in [-0.1, -0.05) is 24.3 Å². The first-order chi connectivity index (χ1) is 13.9. The number of ether oxygens (including phenoxy) is 3. The molecule has 6 nitrogen and oxygen atoms in total. The van der Waals surface area contributed by atoms with Crippen LogP contribution in [0.4, 0.5) is 13.2 Å². The molecule has 2 aromatic carbocycles. The second-order valence-electron chi connectivity index (χ2n) is 5.98. The SMILES string of the molecule is CN=C(NCc1ccc(OC)c(OC)c1)NCc1ccccc1OCC(F)(F)F. The molecule has 2 rings (SSSR count). The minimum Gasteiger partial charge on any atom is -0.493 e. The number of guanidine groups is 1. The molecule has 0 aliphatic heterocycles. The van der Waals surface area contributed by atoms with E-state index in [0.717, 1.165) is 5.56 Å². The fourth-order valence-electron chi connectivity index (χ4n) is 2.53. The van der Waals surface area contributed by atoms with E-state index in [4.69, 9.17) is 14.2 Å². The lowest BCUT2D eigenvalue weighted by molar-refractivity contribution is -0.153. The van der Waals surface area contributed by atoms with Gasteiger partial charge in [-0.2, -0.15) is 13.2 Å². The van der Waals surface area contributed by atoms with Crippen molar-refractivity contribution in [3.8, 4) is 17.2 Å². The van der Waals surface area contributed by atoms with Crippen molar-refractivity contribution in [2.75, 3.05) is 27.9 Å². The van der Waals surface area contributed by atoms with E-state index in [-0.39, 0.29) is 12.3 Å². The molecule has 158 valence electrons. The average Bonchev–Trinajstić information content (AvgIpc) is 2.72. The van der Waals surface area contributed by atoms with Gasteiger partial charge in [0, 0.05) is 25.7 Å². The number of halogens is 3. The maximum atomic E-state index is 12.4. The van der Waals surface area contributed by atoms with Crippen LogP contribution in [0.1, 0.15) is 11.1 Å². The van der Waals surface area contributed by atoms with Crippen molar-refractivity contribution in [1.29, 1.82) is 0 Å². The molecule has 29 heavy (non-hydrogen) atoms. The van der Waals surface area contributed by atoms with E-state index in [1.165, 1.54) is 6.07 Å². The molecule has 0 radical (unpaired) electrons. The highest BCUT2D eigenvalue weighted by molar-refractivity contribution is 5.79. The molecule has 0 aliphatic carbocycles. The first-order valence-electron chi connectivity index (χ1n) is 8.79. The topological polar surface area (TPSA) is 64.1 Å². The molecular weight excluding hydrogens is 387 g/mol. The van der Waals surface area contributed by atoms with Crippen LogP contribution in [0.2, 0.25) is 0 Å². The molecule has 0 unspecified atom stereocenters. The smallest absolute Gasteiger partial charge is 0.422 e. The van der Waals surface area contributed by atoms with Crippen molar-refractivity contribution in [2.45, 2.75) is 19.3 Å². The van der Waals surface area contributed by atoms with Crippen LogP contribution in [0, 0.1) is 0 Å². The summed E-state index contributed by atoms with van der Waals surface area (Å²) in [7, 11) is 4.74. The van der Waals surface area contributed by atoms with Crippen LogP contribution in [0.25, 0.3) is 0 Å². The summed E-state index contributed by atoms with van der Waals surface area (Å²) >= 11 is 0. The van der Waals surface area contributed by atoms with Gasteiger partial charge in [0.15, 0.2) is 24.1 Å². The Morgan fingerprint density at radius 3 is 2.28 bits per heavy atom. The molecule has 0 spiro atoms. The average molecular weight is 411 g/mol. The summed E-state index contributed by atoms with van der Waals surface area (Å²) < 4.78 is 52.6. The van der Waals surface area contributed by atoms with Gasteiger partial charge in [0.1, 0.15) is 5.75 Å². The first-order valence-corrected chi connectivity index (χ1v) is 8.79. The molecule has 0 saturated heterocycles. The van der Waals surface area contributed by atoms with Gasteiger partial charge in [-0.3, -0.25) is 4.99 Å². The van der Waals surface area contributed by atoms with E-state index in [1.807, 2.05) is 12.1 Å². The largest absolute Gasteiger partial charge is 0.493 e. The third-order valence-corrected chi connectivity index (χ3v) is 3.94. The number of hydrogen-bond acceptors (Lipinski definition) is 4. The summed E-state index contributed by atoms with van der Waals surface area (Å²) in [5.41, 5.74) is 1.53. The normalized spacial score (nSPS) is 11.7. The lowest BCUT2D eigenvalue weighted by atomic mass is 10.2. The Labute approximate surface area is 167 Å². The van der Waals surface area contributed by atoms with Crippen LogP contribution in [0.3, 0.4) is 0 Å². The summed E-state index contributed by atoms with van der Waals surface area (Å²) in [6.45, 7) is -0.623. The van der Waals surface area contributed by atoms with Crippen LogP contribution in [0.15, 0.2) is 47.5 Å². The Balaban J connectivity index is 1.95. The summed E-state index contributed by atoms with van der Waals surface area (Å²) in [6.07, 6.45) is -4.39. The van der Waals surface area contributed by atoms with Crippen molar-refractivity contribution in [3.05, 3.63) is 53.6 Å². The summed E-state index contributed by atoms with van der Waals surface area (Å²) in [6, 6.07) is 12.1. The predicted octanol–water partition coefficient (Wildman–Crippen LogP) is 3.51. The van der Waals surface area contributed by atoms with E-state index in [1.54, 1.807) is 45.5 Å². The number of nitrogens with zero attached hydrogens (tertiary/aromatic N) is 1. The standard InChI is InChI=1S/C20H24F3N3O3/c1-24-19(25-11-14-8-9-17(27-2)18(10-14)28-3)26-12-15-6-4-5-7-16(15)29-13-20(21,22)23/h4-10H,11-13H2,1-3H3,(H2,24,25,26). The summed E-state index contributed by atoms with van der Waals surface area (Å²) in [4.78, 5) is 4.13. The van der Waals surface area contributed by atoms with Gasteiger partial charge in [0.2, 0.25) is 0 Å². The Morgan fingerprint density at radius 1 is 0.931 bits per heavy atom. The van der Waals surface area contributed by atoms with Gasteiger partial charge < -0.3 is 24.8 Å². The van der Waals surface area contributed by atoms with E-state index in [9.17, 15) is 13.2 Å². The van der Waals surface area contributed by atoms with Crippen LogP contribution < -0.4 is 24.8 Å². The maximum Gasteiger partial charge on any atom is 0.422 e. The quantitative estimate of drug-likeness (QED) is 0.514. The number of rotatable bonds is 8. The Morgan fingerprint density at radius 2 is 1.62 bits per heavy atom. The zero-order valence-electron chi connectivity index (χ0n) is 16.5. The van der Waals surface area contributed by atoms with E-state index >= 15 is 0 Å². The zero-order valence-corrected chi connectivity index (χ0v) is 16.5. The molecule has 0 bridgehead atoms. The van der Waals surface area contributed by atoms with Crippen LogP contribution in [-0.4, -0.2) is 40.0 Å². The van der Waals surface area contributed by atoms with Crippen molar-refractivity contribution in [1.82, 2.24) is 10.6 Å². The number of nitrogens with one attached hydrogen (secondary N) is 2. The predicted molar refractivity (Wildman–Crippen MR) is 105 cm³/mol. The highest BCUT2D eigenvalue weighted by Crippen LogP contribution is 2.27. The van der Waals surface area contributed by atoms with Gasteiger partial charge in [-0.25, -0.2) is 0 Å². The molecule has 9 heteroatoms. The number of benzene rings is 2. The fourth-order valence-corrected chi connectivity index (χ4v) is 2.53. The van der Waals surface area contributed by atoms with Gasteiger partial charge in [-0.05, 0) is 23.8 Å². The Bertz CT molecular complexity index is 826. The molecule has 0 amide bonds. The van der Waals surface area contributed by atoms with Crippen molar-refractivity contribution < 1.29 is 27.4 Å². The molecular formula is C20H24F3N3O3. The number of para-hydroxylation sites is 1. The maximum absolute atomic E-state index is 12.4. The zero-order chi connectivity index (χ0) is 21.3. The Hall–Kier alpha value is -3.10. The highest BCUT2D eigenvalue weighted by atomic mass is 19.4. The molecule has 0 heterocycles. The molecule has 2 aromatic rings.